The molecule has 0 atom stereocenters. The van der Waals surface area contributed by atoms with Crippen molar-refractivity contribution in [2.24, 2.45) is 0 Å². The van der Waals surface area contributed by atoms with Crippen LogP contribution >= 0.6 is 0 Å². The van der Waals surface area contributed by atoms with E-state index < -0.39 is 0 Å². The van der Waals surface area contributed by atoms with Gasteiger partial charge in [-0.3, -0.25) is 9.59 Å². The van der Waals surface area contributed by atoms with Crippen molar-refractivity contribution in [3.63, 3.8) is 0 Å². The Hall–Kier alpha value is -0.0106. The van der Waals surface area contributed by atoms with Gasteiger partial charge in [0.1, 0.15) is 11.6 Å². The number of ketones is 2. The quantitative estimate of drug-likeness (QED) is 0.570. The largest absolute Gasteiger partial charge is 0.358 e. The van der Waals surface area contributed by atoms with Crippen LogP contribution in [-0.4, -0.2) is 11.6 Å². The molecule has 0 bridgehead atoms. The summed E-state index contributed by atoms with van der Waals surface area (Å²) in [6.07, 6.45) is 0.0833. The van der Waals surface area contributed by atoms with Gasteiger partial charge < -0.3 is 14.9 Å². The molecule has 65 valence electrons. The summed E-state index contributed by atoms with van der Waals surface area (Å²) >= 11 is 0. The molecular weight excluding hydrogens is 308 g/mol. The molecule has 0 saturated carbocycles. The molecule has 0 aliphatic heterocycles. The minimum atomic E-state index is -0.0625. The van der Waals surface area contributed by atoms with Crippen LogP contribution in [-0.2, 0) is 29.7 Å². The summed E-state index contributed by atoms with van der Waals surface area (Å²) in [7, 11) is 0. The smallest absolute Gasteiger partial charge is 0.137 e. The number of Topliss-reactive ketones (excluding diaryl/α,β-unsaturated/α-hetero) is 2. The molecule has 0 heterocycles. The van der Waals surface area contributed by atoms with Gasteiger partial charge in [-0.1, -0.05) is 0 Å². The second-order valence-electron chi connectivity index (χ2n) is 1.58. The molecule has 0 amide bonds. The van der Waals surface area contributed by atoms with Crippen molar-refractivity contribution in [1.82, 2.24) is 0 Å². The molecule has 0 aliphatic carbocycles. The average molecular weight is 322 g/mol. The topological polar surface area (TPSA) is 34.1 Å². The zero-order valence-corrected chi connectivity index (χ0v) is 9.25. The average Bonchev–Trinajstić information content (AvgIpc) is 1.27. The summed E-state index contributed by atoms with van der Waals surface area (Å²) in [5.41, 5.74) is 0. The van der Waals surface area contributed by atoms with Gasteiger partial charge in [-0.15, -0.1) is 0 Å². The maximum atomic E-state index is 10.0. The van der Waals surface area contributed by atoms with Crippen LogP contribution in [0.1, 0.15) is 20.3 Å². The fourth-order valence-electron chi connectivity index (χ4n) is 0.351. The van der Waals surface area contributed by atoms with Crippen molar-refractivity contribution in [3.8, 4) is 0 Å². The molecule has 0 aromatic carbocycles. The Kier molecular flexibility index (Phi) is 26.4. The van der Waals surface area contributed by atoms with E-state index in [1.807, 2.05) is 0 Å². The van der Waals surface area contributed by atoms with Gasteiger partial charge in [0.05, 0.1) is 6.42 Å². The Bertz CT molecular complexity index is 87.8. The molecule has 2 nitrogen and oxygen atoms in total. The minimum Gasteiger partial charge on any atom is -0.358 e. The molecule has 0 aromatic heterocycles. The summed E-state index contributed by atoms with van der Waals surface area (Å²) in [6.45, 7) is 2.81. The Morgan fingerprint density at radius 3 is 1.20 bits per heavy atom. The van der Waals surface area contributed by atoms with Crippen molar-refractivity contribution in [1.29, 1.82) is 0 Å². The predicted octanol–water partition coefficient (Wildman–Crippen LogP) is 1.45. The van der Waals surface area contributed by atoms with E-state index in [0.29, 0.717) is 0 Å². The first-order chi connectivity index (χ1) is 3.13. The molecular formula is C7H14IrO2-2. The van der Waals surface area contributed by atoms with Gasteiger partial charge in [-0.2, -0.15) is 0 Å². The number of hydrogen-bond donors (Lipinski definition) is 0. The Balaban J connectivity index is -0.0000000600. The zero-order valence-electron chi connectivity index (χ0n) is 6.86. The summed E-state index contributed by atoms with van der Waals surface area (Å²) in [5.74, 6) is -0.125. The third kappa shape index (κ3) is 24.5. The number of hydrogen-bond acceptors (Lipinski definition) is 2. The first-order valence-electron chi connectivity index (χ1n) is 2.12. The predicted molar refractivity (Wildman–Crippen MR) is 38.8 cm³/mol. The Labute approximate surface area is 76.7 Å². The molecule has 1 radical (unpaired) electrons. The van der Waals surface area contributed by atoms with Gasteiger partial charge in [0.15, 0.2) is 0 Å². The van der Waals surface area contributed by atoms with Crippen LogP contribution in [0.5, 0.6) is 0 Å². The summed E-state index contributed by atoms with van der Waals surface area (Å²) in [6, 6.07) is 0. The molecule has 10 heavy (non-hydrogen) atoms. The molecule has 0 rings (SSSR count). The van der Waals surface area contributed by atoms with Crippen molar-refractivity contribution < 1.29 is 29.7 Å². The summed E-state index contributed by atoms with van der Waals surface area (Å²) in [5, 5.41) is 0. The van der Waals surface area contributed by atoms with Crippen LogP contribution in [0.15, 0.2) is 0 Å². The van der Waals surface area contributed by atoms with Crippen LogP contribution < -0.4 is 0 Å². The fraction of sp³-hybridized carbons (Fsp3) is 0.429. The van der Waals surface area contributed by atoms with E-state index in [4.69, 9.17) is 0 Å². The van der Waals surface area contributed by atoms with E-state index in [1.54, 1.807) is 0 Å². The first-order valence-corrected chi connectivity index (χ1v) is 2.12. The number of carbonyl (C=O) groups excluding carboxylic acids is 2. The van der Waals surface area contributed by atoms with Crippen LogP contribution in [0.4, 0.5) is 0 Å². The Morgan fingerprint density at radius 2 is 1.20 bits per heavy atom. The van der Waals surface area contributed by atoms with Crippen molar-refractivity contribution in [3.05, 3.63) is 14.9 Å². The molecule has 0 spiro atoms. The minimum absolute atomic E-state index is 0. The monoisotopic (exact) mass is 323 g/mol. The van der Waals surface area contributed by atoms with Gasteiger partial charge in [0, 0.05) is 20.1 Å². The van der Waals surface area contributed by atoms with Crippen LogP contribution in [0.2, 0.25) is 0 Å². The van der Waals surface area contributed by atoms with Gasteiger partial charge in [-0.25, -0.2) is 0 Å². The van der Waals surface area contributed by atoms with E-state index in [-0.39, 0.29) is 52.9 Å². The van der Waals surface area contributed by atoms with E-state index in [1.165, 1.54) is 13.8 Å². The number of rotatable bonds is 2. The normalized spacial score (nSPS) is 5.80. The third-order valence-corrected chi connectivity index (χ3v) is 0.498. The SMILES string of the molecule is CC(=O)CC(C)=O.[CH3-].[CH3-].[Ir]. The Morgan fingerprint density at radius 1 is 1.00 bits per heavy atom. The standard InChI is InChI=1S/C5H8O2.2CH3.Ir/c1-4(6)3-5(2)7;;;/h3H2,1-2H3;2*1H3;/q;2*-1;. The van der Waals surface area contributed by atoms with Gasteiger partial charge in [0.2, 0.25) is 0 Å². The van der Waals surface area contributed by atoms with Crippen molar-refractivity contribution in [2.45, 2.75) is 20.3 Å². The fourth-order valence-corrected chi connectivity index (χ4v) is 0.351. The van der Waals surface area contributed by atoms with Gasteiger partial charge in [0.25, 0.3) is 0 Å². The van der Waals surface area contributed by atoms with Gasteiger partial charge in [-0.05, 0) is 13.8 Å². The molecule has 0 fully saturated rings. The molecule has 0 saturated heterocycles. The van der Waals surface area contributed by atoms with Crippen molar-refractivity contribution in [2.75, 3.05) is 0 Å². The summed E-state index contributed by atoms with van der Waals surface area (Å²) in [4.78, 5) is 20.1. The van der Waals surface area contributed by atoms with Gasteiger partial charge >= 0.3 is 0 Å². The maximum absolute atomic E-state index is 10.0. The number of carbonyl (C=O) groups is 2. The second-order valence-corrected chi connectivity index (χ2v) is 1.58. The van der Waals surface area contributed by atoms with E-state index in [9.17, 15) is 9.59 Å². The van der Waals surface area contributed by atoms with E-state index >= 15 is 0 Å². The van der Waals surface area contributed by atoms with Crippen LogP contribution in [0.3, 0.4) is 0 Å². The molecule has 0 aliphatic rings. The van der Waals surface area contributed by atoms with Crippen LogP contribution in [0, 0.1) is 14.9 Å². The maximum Gasteiger partial charge on any atom is 0.137 e. The molecule has 3 heteroatoms. The van der Waals surface area contributed by atoms with Crippen molar-refractivity contribution >= 4 is 11.6 Å². The second kappa shape index (κ2) is 11.7. The molecule has 0 aromatic rings. The third-order valence-electron chi connectivity index (χ3n) is 0.498. The molecule has 0 N–H and O–H groups in total. The first kappa shape index (κ1) is 22.5. The zero-order chi connectivity index (χ0) is 5.86. The van der Waals surface area contributed by atoms with E-state index in [0.717, 1.165) is 0 Å². The molecule has 0 unspecified atom stereocenters. The van der Waals surface area contributed by atoms with Crippen LogP contribution in [0.25, 0.3) is 0 Å². The van der Waals surface area contributed by atoms with E-state index in [2.05, 4.69) is 0 Å². The summed E-state index contributed by atoms with van der Waals surface area (Å²) < 4.78 is 0.